The Hall–Kier alpha value is -1.77. The lowest BCUT2D eigenvalue weighted by Crippen LogP contribution is -2.54. The zero-order valence-corrected chi connectivity index (χ0v) is 19.3. The van der Waals surface area contributed by atoms with Crippen LogP contribution >= 0.6 is 23.4 Å². The normalized spacial score (nSPS) is 34.5. The lowest BCUT2D eigenvalue weighted by atomic mass is 9.66. The molecule has 4 rings (SSSR count). The first-order valence-corrected chi connectivity index (χ1v) is 11.7. The summed E-state index contributed by atoms with van der Waals surface area (Å²) in [4.78, 5) is 41.6. The van der Waals surface area contributed by atoms with Crippen LogP contribution < -0.4 is 5.32 Å². The van der Waals surface area contributed by atoms with Crippen molar-refractivity contribution in [3.05, 3.63) is 29.3 Å². The second-order valence-corrected chi connectivity index (χ2v) is 11.0. The molecule has 7 nitrogen and oxygen atoms in total. The summed E-state index contributed by atoms with van der Waals surface area (Å²) in [5, 5.41) is 13.1. The Morgan fingerprint density at radius 1 is 1.39 bits per heavy atom. The van der Waals surface area contributed by atoms with Crippen LogP contribution in [0.3, 0.4) is 0 Å². The molecule has 3 aliphatic heterocycles. The van der Waals surface area contributed by atoms with Crippen LogP contribution in [0.15, 0.2) is 24.3 Å². The van der Waals surface area contributed by atoms with Gasteiger partial charge in [0.2, 0.25) is 11.8 Å². The number of hydrogen-bond acceptors (Lipinski definition) is 6. The van der Waals surface area contributed by atoms with E-state index in [4.69, 9.17) is 16.3 Å². The first kappa shape index (κ1) is 22.4. The Morgan fingerprint density at radius 3 is 2.74 bits per heavy atom. The summed E-state index contributed by atoms with van der Waals surface area (Å²) < 4.78 is 4.12. The molecule has 0 aliphatic carbocycles. The number of benzene rings is 1. The number of esters is 1. The fourth-order valence-corrected chi connectivity index (χ4v) is 8.09. The molecule has 0 aromatic heterocycles. The molecule has 6 atom stereocenters. The topological polar surface area (TPSA) is 95.9 Å². The number of thioether (sulfide) groups is 1. The van der Waals surface area contributed by atoms with Crippen molar-refractivity contribution in [3.63, 3.8) is 0 Å². The first-order valence-electron chi connectivity index (χ1n) is 10.6. The highest BCUT2D eigenvalue weighted by atomic mass is 35.5. The van der Waals surface area contributed by atoms with Gasteiger partial charge in [-0.3, -0.25) is 14.4 Å². The highest BCUT2D eigenvalue weighted by molar-refractivity contribution is 8.02. The van der Waals surface area contributed by atoms with Crippen LogP contribution in [0.25, 0.3) is 0 Å². The molecule has 2 N–H and O–H groups in total. The fraction of sp³-hybridized carbons (Fsp3) is 0.591. The lowest BCUT2D eigenvalue weighted by molar-refractivity contribution is -0.155. The second kappa shape index (κ2) is 7.98. The van der Waals surface area contributed by atoms with Crippen molar-refractivity contribution in [2.45, 2.75) is 55.2 Å². The molecule has 168 valence electrons. The SMILES string of the molecule is CCOC(=O)[C@@H]1[C@H]2C(=O)N([C@H](C)CO)C(C(=O)Nc3ccccc3Cl)C23CC[C@@]1(C)S3. The highest BCUT2D eigenvalue weighted by Gasteiger charge is 2.77. The van der Waals surface area contributed by atoms with E-state index in [1.165, 1.54) is 4.90 Å². The first-order chi connectivity index (χ1) is 14.7. The predicted molar refractivity (Wildman–Crippen MR) is 119 cm³/mol. The minimum atomic E-state index is -0.824. The number of aliphatic hydroxyl groups is 1. The number of nitrogens with zero attached hydrogens (tertiary/aromatic N) is 1. The van der Waals surface area contributed by atoms with Gasteiger partial charge >= 0.3 is 5.97 Å². The maximum atomic E-state index is 13.7. The van der Waals surface area contributed by atoms with Crippen LogP contribution in [-0.2, 0) is 19.1 Å². The number of anilines is 1. The Morgan fingerprint density at radius 2 is 2.10 bits per heavy atom. The average Bonchev–Trinajstić information content (AvgIpc) is 3.30. The second-order valence-electron chi connectivity index (χ2n) is 8.73. The number of fused-ring (bicyclic) bond motifs is 1. The molecule has 1 spiro atoms. The Bertz CT molecular complexity index is 929. The van der Waals surface area contributed by atoms with Gasteiger partial charge in [0, 0.05) is 4.75 Å². The van der Waals surface area contributed by atoms with Gasteiger partial charge < -0.3 is 20.1 Å². The van der Waals surface area contributed by atoms with E-state index in [0.29, 0.717) is 23.6 Å². The molecule has 0 radical (unpaired) electrons. The van der Waals surface area contributed by atoms with E-state index in [9.17, 15) is 19.5 Å². The van der Waals surface area contributed by atoms with Gasteiger partial charge in [-0.25, -0.2) is 0 Å². The smallest absolute Gasteiger partial charge is 0.311 e. The average molecular weight is 467 g/mol. The van der Waals surface area contributed by atoms with E-state index in [2.05, 4.69) is 5.32 Å². The number of halogens is 1. The van der Waals surface area contributed by atoms with Crippen LogP contribution in [-0.4, -0.2) is 62.6 Å². The van der Waals surface area contributed by atoms with E-state index >= 15 is 0 Å². The van der Waals surface area contributed by atoms with Crippen molar-refractivity contribution >= 4 is 46.8 Å². The standard InChI is InChI=1S/C22H27ClN2O5S/c1-4-30-20(29)16-15-19(28)25(12(2)11-26)17(22(15)10-9-21(16,3)31-22)18(27)24-14-8-6-5-7-13(14)23/h5-8,12,15-17,26H,4,9-11H2,1-3H3,(H,24,27)/t12-,15+,16+,17?,21-,22?/m1/s1. The van der Waals surface area contributed by atoms with Crippen LogP contribution in [0.4, 0.5) is 5.69 Å². The van der Waals surface area contributed by atoms with E-state index in [0.717, 1.165) is 0 Å². The van der Waals surface area contributed by atoms with Crippen molar-refractivity contribution in [1.29, 1.82) is 0 Å². The fourth-order valence-electron chi connectivity index (χ4n) is 5.58. The van der Waals surface area contributed by atoms with Crippen molar-refractivity contribution < 1.29 is 24.2 Å². The molecule has 2 unspecified atom stereocenters. The molecule has 1 aromatic carbocycles. The molecular formula is C22H27ClN2O5S. The predicted octanol–water partition coefficient (Wildman–Crippen LogP) is 2.70. The summed E-state index contributed by atoms with van der Waals surface area (Å²) in [5.41, 5.74) is 0.462. The van der Waals surface area contributed by atoms with Gasteiger partial charge in [-0.2, -0.15) is 0 Å². The number of para-hydroxylation sites is 1. The molecule has 3 aliphatic rings. The summed E-state index contributed by atoms with van der Waals surface area (Å²) in [6.07, 6.45) is 1.35. The Labute approximate surface area is 190 Å². The zero-order valence-electron chi connectivity index (χ0n) is 17.8. The van der Waals surface area contributed by atoms with E-state index in [1.54, 1.807) is 49.9 Å². The third-order valence-corrected chi connectivity index (χ3v) is 9.19. The maximum Gasteiger partial charge on any atom is 0.311 e. The van der Waals surface area contributed by atoms with E-state index in [1.807, 2.05) is 6.92 Å². The molecule has 2 bridgehead atoms. The van der Waals surface area contributed by atoms with Crippen LogP contribution in [0.5, 0.6) is 0 Å². The van der Waals surface area contributed by atoms with E-state index < -0.39 is 33.4 Å². The molecule has 31 heavy (non-hydrogen) atoms. The minimum absolute atomic E-state index is 0.233. The van der Waals surface area contributed by atoms with Crippen molar-refractivity contribution in [1.82, 2.24) is 4.90 Å². The Kier molecular flexibility index (Phi) is 5.77. The number of aliphatic hydroxyl groups excluding tert-OH is 1. The molecular weight excluding hydrogens is 440 g/mol. The lowest BCUT2D eigenvalue weighted by Gasteiger charge is -2.35. The van der Waals surface area contributed by atoms with Crippen molar-refractivity contribution in [2.24, 2.45) is 11.8 Å². The number of ether oxygens (including phenoxy) is 1. The van der Waals surface area contributed by atoms with Gasteiger partial charge in [0.05, 0.1) is 46.5 Å². The highest BCUT2D eigenvalue weighted by Crippen LogP contribution is 2.71. The number of amides is 2. The minimum Gasteiger partial charge on any atom is -0.466 e. The third kappa shape index (κ3) is 3.26. The molecule has 3 heterocycles. The van der Waals surface area contributed by atoms with Gasteiger partial charge in [-0.15, -0.1) is 11.8 Å². The van der Waals surface area contributed by atoms with Crippen LogP contribution in [0.1, 0.15) is 33.6 Å². The van der Waals surface area contributed by atoms with E-state index in [-0.39, 0.29) is 31.0 Å². The monoisotopic (exact) mass is 466 g/mol. The van der Waals surface area contributed by atoms with Crippen LogP contribution in [0.2, 0.25) is 5.02 Å². The summed E-state index contributed by atoms with van der Waals surface area (Å²) in [5.74, 6) is -2.29. The zero-order chi connectivity index (χ0) is 22.6. The number of carbonyl (C=O) groups is 3. The molecule has 3 saturated heterocycles. The summed E-state index contributed by atoms with van der Waals surface area (Å²) in [7, 11) is 0. The number of hydrogen-bond donors (Lipinski definition) is 2. The number of rotatable bonds is 6. The van der Waals surface area contributed by atoms with Gasteiger partial charge in [-0.1, -0.05) is 23.7 Å². The maximum absolute atomic E-state index is 13.7. The largest absolute Gasteiger partial charge is 0.466 e. The van der Waals surface area contributed by atoms with Gasteiger partial charge in [0.1, 0.15) is 6.04 Å². The number of carbonyl (C=O) groups excluding carboxylic acids is 3. The summed E-state index contributed by atoms with van der Waals surface area (Å²) >= 11 is 7.80. The summed E-state index contributed by atoms with van der Waals surface area (Å²) in [6, 6.07) is 5.53. The van der Waals surface area contributed by atoms with Gasteiger partial charge in [-0.05, 0) is 45.7 Å². The summed E-state index contributed by atoms with van der Waals surface area (Å²) in [6.45, 7) is 5.40. The van der Waals surface area contributed by atoms with Gasteiger partial charge in [0.25, 0.3) is 0 Å². The molecule has 9 heteroatoms. The molecule has 3 fully saturated rings. The van der Waals surface area contributed by atoms with Gasteiger partial charge in [0.15, 0.2) is 0 Å². The Balaban J connectivity index is 1.76. The third-order valence-electron chi connectivity index (χ3n) is 6.87. The van der Waals surface area contributed by atoms with Crippen LogP contribution in [0, 0.1) is 11.8 Å². The molecule has 0 saturated carbocycles. The quantitative estimate of drug-likeness (QED) is 0.626. The molecule has 1 aromatic rings. The van der Waals surface area contributed by atoms with Crippen molar-refractivity contribution in [3.8, 4) is 0 Å². The number of likely N-dealkylation sites (tertiary alicyclic amines) is 1. The van der Waals surface area contributed by atoms with Crippen molar-refractivity contribution in [2.75, 3.05) is 18.5 Å². The number of nitrogens with one attached hydrogen (secondary N) is 1. The molecule has 2 amide bonds.